The summed E-state index contributed by atoms with van der Waals surface area (Å²) in [7, 11) is 0. The zero-order valence-electron chi connectivity index (χ0n) is 10.8. The molecule has 4 rings (SSSR count). The second kappa shape index (κ2) is 4.25. The standard InChI is InChI=1S/C17H16N2/c1-2-6-12(7-3-1)16-17-14(10-11-18-16)13-8-4-5-9-15(13)19-17/h1-9,16,18-19H,10-11H2/p+1/t16-/m0/s1. The third kappa shape index (κ3) is 1.68. The highest BCUT2D eigenvalue weighted by atomic mass is 15.0. The van der Waals surface area contributed by atoms with E-state index < -0.39 is 0 Å². The molecule has 0 radical (unpaired) electrons. The van der Waals surface area contributed by atoms with Gasteiger partial charge in [-0.3, -0.25) is 0 Å². The minimum atomic E-state index is 0.414. The van der Waals surface area contributed by atoms with Gasteiger partial charge in [0.1, 0.15) is 0 Å². The monoisotopic (exact) mass is 249 g/mol. The summed E-state index contributed by atoms with van der Waals surface area (Å²) in [6, 6.07) is 19.8. The van der Waals surface area contributed by atoms with Gasteiger partial charge in [0.05, 0.1) is 12.2 Å². The molecule has 0 bridgehead atoms. The van der Waals surface area contributed by atoms with Crippen LogP contribution in [-0.2, 0) is 6.42 Å². The van der Waals surface area contributed by atoms with Crippen molar-refractivity contribution in [3.63, 3.8) is 0 Å². The molecule has 0 fully saturated rings. The summed E-state index contributed by atoms with van der Waals surface area (Å²) in [5, 5.41) is 3.83. The van der Waals surface area contributed by atoms with Crippen LogP contribution in [0.2, 0.25) is 0 Å². The fourth-order valence-electron chi connectivity index (χ4n) is 3.23. The molecular weight excluding hydrogens is 232 g/mol. The highest BCUT2D eigenvalue weighted by Crippen LogP contribution is 2.30. The number of H-pyrrole nitrogens is 1. The Balaban J connectivity index is 1.91. The van der Waals surface area contributed by atoms with Gasteiger partial charge < -0.3 is 10.3 Å². The van der Waals surface area contributed by atoms with Gasteiger partial charge in [-0.15, -0.1) is 0 Å². The zero-order chi connectivity index (χ0) is 12.7. The molecule has 94 valence electrons. The molecule has 2 heteroatoms. The van der Waals surface area contributed by atoms with Crippen LogP contribution in [0.4, 0.5) is 0 Å². The number of nitrogens with two attached hydrogens (primary N) is 1. The minimum Gasteiger partial charge on any atom is -0.353 e. The third-order valence-corrected chi connectivity index (χ3v) is 4.11. The number of para-hydroxylation sites is 1. The molecule has 2 heterocycles. The average Bonchev–Trinajstić information content (AvgIpc) is 2.87. The van der Waals surface area contributed by atoms with Crippen LogP contribution in [0, 0.1) is 0 Å². The topological polar surface area (TPSA) is 32.4 Å². The van der Waals surface area contributed by atoms with E-state index in [9.17, 15) is 0 Å². The Morgan fingerprint density at radius 1 is 0.947 bits per heavy atom. The van der Waals surface area contributed by atoms with Crippen molar-refractivity contribution in [1.29, 1.82) is 0 Å². The van der Waals surface area contributed by atoms with Crippen LogP contribution >= 0.6 is 0 Å². The lowest BCUT2D eigenvalue weighted by Crippen LogP contribution is -2.87. The predicted octanol–water partition coefficient (Wildman–Crippen LogP) is 2.38. The Morgan fingerprint density at radius 2 is 1.74 bits per heavy atom. The van der Waals surface area contributed by atoms with Crippen molar-refractivity contribution in [2.24, 2.45) is 0 Å². The van der Waals surface area contributed by atoms with Crippen LogP contribution in [0.1, 0.15) is 22.9 Å². The first-order valence-electron chi connectivity index (χ1n) is 6.91. The van der Waals surface area contributed by atoms with Gasteiger partial charge in [-0.25, -0.2) is 0 Å². The Kier molecular flexibility index (Phi) is 2.42. The molecule has 2 nitrogen and oxygen atoms in total. The van der Waals surface area contributed by atoms with Gasteiger partial charge in [-0.05, 0) is 11.6 Å². The summed E-state index contributed by atoms with van der Waals surface area (Å²) < 4.78 is 0. The SMILES string of the molecule is c1ccc([C@@H]2[NH2+]CCc3c2[nH]c2ccccc32)cc1. The first-order valence-corrected chi connectivity index (χ1v) is 6.91. The average molecular weight is 249 g/mol. The lowest BCUT2D eigenvalue weighted by molar-refractivity contribution is -0.690. The summed E-state index contributed by atoms with van der Waals surface area (Å²) >= 11 is 0. The number of rotatable bonds is 1. The number of nitrogens with one attached hydrogen (secondary N) is 1. The molecule has 3 aromatic rings. The van der Waals surface area contributed by atoms with E-state index in [2.05, 4.69) is 64.9 Å². The van der Waals surface area contributed by atoms with Crippen molar-refractivity contribution < 1.29 is 5.32 Å². The molecular formula is C17H17N2+. The van der Waals surface area contributed by atoms with Gasteiger partial charge in [0, 0.05) is 22.9 Å². The number of benzene rings is 2. The van der Waals surface area contributed by atoms with Gasteiger partial charge >= 0.3 is 0 Å². The fourth-order valence-corrected chi connectivity index (χ4v) is 3.23. The highest BCUT2D eigenvalue weighted by molar-refractivity contribution is 5.85. The lowest BCUT2D eigenvalue weighted by atomic mass is 9.94. The van der Waals surface area contributed by atoms with E-state index >= 15 is 0 Å². The van der Waals surface area contributed by atoms with E-state index in [-0.39, 0.29) is 0 Å². The number of aromatic nitrogens is 1. The van der Waals surface area contributed by atoms with Gasteiger partial charge in [-0.2, -0.15) is 0 Å². The number of hydrogen-bond donors (Lipinski definition) is 2. The zero-order valence-corrected chi connectivity index (χ0v) is 10.8. The van der Waals surface area contributed by atoms with Crippen molar-refractivity contribution in [3.8, 4) is 0 Å². The molecule has 1 aromatic heterocycles. The number of hydrogen-bond acceptors (Lipinski definition) is 0. The largest absolute Gasteiger partial charge is 0.353 e. The fraction of sp³-hybridized carbons (Fsp3) is 0.176. The predicted molar refractivity (Wildman–Crippen MR) is 77.1 cm³/mol. The summed E-state index contributed by atoms with van der Waals surface area (Å²) in [6.45, 7) is 1.16. The van der Waals surface area contributed by atoms with E-state index in [1.165, 1.54) is 27.7 Å². The van der Waals surface area contributed by atoms with E-state index in [4.69, 9.17) is 0 Å². The molecule has 3 N–H and O–H groups in total. The Hall–Kier alpha value is -2.06. The molecule has 1 aliphatic heterocycles. The van der Waals surface area contributed by atoms with Crippen LogP contribution in [0.5, 0.6) is 0 Å². The first-order chi connectivity index (χ1) is 9.43. The van der Waals surface area contributed by atoms with Crippen molar-refractivity contribution in [3.05, 3.63) is 71.4 Å². The van der Waals surface area contributed by atoms with Gasteiger partial charge in [-0.1, -0.05) is 48.5 Å². The van der Waals surface area contributed by atoms with Crippen LogP contribution in [0.25, 0.3) is 10.9 Å². The van der Waals surface area contributed by atoms with Gasteiger partial charge in [0.2, 0.25) is 0 Å². The van der Waals surface area contributed by atoms with Crippen molar-refractivity contribution >= 4 is 10.9 Å². The van der Waals surface area contributed by atoms with Gasteiger partial charge in [0.25, 0.3) is 0 Å². The Morgan fingerprint density at radius 3 is 2.63 bits per heavy atom. The smallest absolute Gasteiger partial charge is 0.153 e. The molecule has 0 spiro atoms. The Labute approximate surface area is 112 Å². The third-order valence-electron chi connectivity index (χ3n) is 4.11. The lowest BCUT2D eigenvalue weighted by Gasteiger charge is -2.21. The van der Waals surface area contributed by atoms with Gasteiger partial charge in [0.15, 0.2) is 6.04 Å². The molecule has 1 atom stereocenters. The van der Waals surface area contributed by atoms with E-state index in [1.807, 2.05) is 0 Å². The van der Waals surface area contributed by atoms with Crippen LogP contribution in [0.3, 0.4) is 0 Å². The molecule has 0 saturated heterocycles. The number of fused-ring (bicyclic) bond motifs is 3. The maximum absolute atomic E-state index is 3.63. The number of quaternary nitrogens is 1. The van der Waals surface area contributed by atoms with Crippen molar-refractivity contribution in [2.45, 2.75) is 12.5 Å². The molecule has 0 saturated carbocycles. The maximum atomic E-state index is 3.63. The van der Waals surface area contributed by atoms with Crippen LogP contribution < -0.4 is 5.32 Å². The van der Waals surface area contributed by atoms with Crippen LogP contribution in [0.15, 0.2) is 54.6 Å². The molecule has 1 aliphatic rings. The van der Waals surface area contributed by atoms with E-state index in [0.717, 1.165) is 13.0 Å². The summed E-state index contributed by atoms with van der Waals surface area (Å²) in [5.74, 6) is 0. The summed E-state index contributed by atoms with van der Waals surface area (Å²) in [4.78, 5) is 3.63. The van der Waals surface area contributed by atoms with Crippen LogP contribution in [-0.4, -0.2) is 11.5 Å². The normalized spacial score (nSPS) is 18.4. The van der Waals surface area contributed by atoms with Crippen molar-refractivity contribution in [1.82, 2.24) is 4.98 Å². The molecule has 0 unspecified atom stereocenters. The second-order valence-corrected chi connectivity index (χ2v) is 5.23. The van der Waals surface area contributed by atoms with Crippen molar-refractivity contribution in [2.75, 3.05) is 6.54 Å². The number of aromatic amines is 1. The second-order valence-electron chi connectivity index (χ2n) is 5.23. The first kappa shape index (κ1) is 10.8. The molecule has 0 aliphatic carbocycles. The molecule has 19 heavy (non-hydrogen) atoms. The highest BCUT2D eigenvalue weighted by Gasteiger charge is 2.27. The molecule has 0 amide bonds. The quantitative estimate of drug-likeness (QED) is 0.664. The minimum absolute atomic E-state index is 0.414. The van der Waals surface area contributed by atoms with E-state index in [1.54, 1.807) is 0 Å². The molecule has 2 aromatic carbocycles. The maximum Gasteiger partial charge on any atom is 0.153 e. The summed E-state index contributed by atoms with van der Waals surface area (Å²) in [6.07, 6.45) is 1.16. The van der Waals surface area contributed by atoms with E-state index in [0.29, 0.717) is 6.04 Å². The summed E-state index contributed by atoms with van der Waals surface area (Å²) in [5.41, 5.74) is 5.55. The Bertz CT molecular complexity index is 712.